The van der Waals surface area contributed by atoms with E-state index in [4.69, 9.17) is 0 Å². The van der Waals surface area contributed by atoms with Crippen LogP contribution in [0.25, 0.3) is 0 Å². The molecule has 1 unspecified atom stereocenters. The number of thioether (sulfide) groups is 2. The third-order valence-corrected chi connectivity index (χ3v) is 8.85. The highest BCUT2D eigenvalue weighted by molar-refractivity contribution is 8.14. The third-order valence-electron chi connectivity index (χ3n) is 5.17. The summed E-state index contributed by atoms with van der Waals surface area (Å²) in [5.74, 6) is -2.75. The van der Waals surface area contributed by atoms with E-state index in [0.717, 1.165) is 16.7 Å². The lowest BCUT2D eigenvalue weighted by molar-refractivity contribution is -0.150. The van der Waals surface area contributed by atoms with E-state index in [-0.39, 0.29) is 45.8 Å². The third kappa shape index (κ3) is 6.74. The SMILES string of the molecule is CC(C)N=C(NC(C)C)SCC(=O)N[C@@H]1C(=O)N2C(C(=O)O)=C(CSc3nc(=O)c(=O)[nH]n3C)CS(=O)[C@H]12. The fourth-order valence-corrected chi connectivity index (χ4v) is 7.35. The van der Waals surface area contributed by atoms with Gasteiger partial charge >= 0.3 is 17.1 Å². The van der Waals surface area contributed by atoms with Crippen LogP contribution in [0.15, 0.2) is 31.0 Å². The van der Waals surface area contributed by atoms with E-state index >= 15 is 0 Å². The largest absolute Gasteiger partial charge is 0.477 e. The zero-order valence-corrected chi connectivity index (χ0v) is 23.8. The van der Waals surface area contributed by atoms with E-state index in [1.54, 1.807) is 0 Å². The van der Waals surface area contributed by atoms with Crippen LogP contribution in [0.4, 0.5) is 0 Å². The second-order valence-electron chi connectivity index (χ2n) is 9.03. The second kappa shape index (κ2) is 12.3. The molecule has 4 N–H and O–H groups in total. The highest BCUT2D eigenvalue weighted by atomic mass is 32.2. The maximum absolute atomic E-state index is 13.0. The Bertz CT molecular complexity index is 1330. The zero-order valence-electron chi connectivity index (χ0n) is 21.3. The molecule has 3 rings (SSSR count). The highest BCUT2D eigenvalue weighted by Crippen LogP contribution is 2.36. The van der Waals surface area contributed by atoms with Crippen molar-refractivity contribution in [2.45, 2.75) is 56.4 Å². The number of carboxylic acid groups (broad SMARTS) is 1. The van der Waals surface area contributed by atoms with Crippen molar-refractivity contribution >= 4 is 57.3 Å². The van der Waals surface area contributed by atoms with E-state index in [0.29, 0.717) is 5.17 Å². The summed E-state index contributed by atoms with van der Waals surface area (Å²) in [6.45, 7) is 7.69. The van der Waals surface area contributed by atoms with Crippen LogP contribution in [-0.4, -0.2) is 92.7 Å². The van der Waals surface area contributed by atoms with E-state index in [9.17, 15) is 33.3 Å². The number of amides is 2. The van der Waals surface area contributed by atoms with Crippen LogP contribution >= 0.6 is 23.5 Å². The minimum Gasteiger partial charge on any atom is -0.477 e. The van der Waals surface area contributed by atoms with Crippen LogP contribution in [0.3, 0.4) is 0 Å². The molecule has 14 nitrogen and oxygen atoms in total. The van der Waals surface area contributed by atoms with Crippen LogP contribution in [0.2, 0.25) is 0 Å². The number of aliphatic imine (C=N–C) groups is 1. The first kappa shape index (κ1) is 29.6. The van der Waals surface area contributed by atoms with Crippen LogP contribution in [0, 0.1) is 0 Å². The lowest BCUT2D eigenvalue weighted by atomic mass is 10.0. The van der Waals surface area contributed by atoms with Crippen LogP contribution < -0.4 is 21.8 Å². The smallest absolute Gasteiger partial charge is 0.352 e. The Morgan fingerprint density at radius 1 is 1.26 bits per heavy atom. The normalized spacial score (nSPS) is 21.4. The molecule has 1 aromatic heterocycles. The quantitative estimate of drug-likeness (QED) is 0.0891. The molecular formula is C21H29N7O7S3. The number of aromatic amines is 1. The number of aromatic nitrogens is 3. The van der Waals surface area contributed by atoms with Gasteiger partial charge in [0.1, 0.15) is 17.1 Å². The van der Waals surface area contributed by atoms with Gasteiger partial charge in [0.05, 0.1) is 22.3 Å². The summed E-state index contributed by atoms with van der Waals surface area (Å²) < 4.78 is 14.2. The van der Waals surface area contributed by atoms with E-state index in [1.807, 2.05) is 27.7 Å². The molecule has 2 aliphatic heterocycles. The van der Waals surface area contributed by atoms with Gasteiger partial charge in [-0.25, -0.2) is 4.79 Å². The van der Waals surface area contributed by atoms with Crippen molar-refractivity contribution in [1.29, 1.82) is 0 Å². The molecule has 1 fully saturated rings. The molecular weight excluding hydrogens is 558 g/mol. The number of nitrogens with zero attached hydrogens (tertiary/aromatic N) is 4. The molecule has 0 spiro atoms. The molecule has 2 amide bonds. The zero-order chi connectivity index (χ0) is 28.3. The summed E-state index contributed by atoms with van der Waals surface area (Å²) in [5.41, 5.74) is -2.00. The van der Waals surface area contributed by atoms with Crippen molar-refractivity contribution in [1.82, 2.24) is 30.3 Å². The first-order valence-electron chi connectivity index (χ1n) is 11.5. The van der Waals surface area contributed by atoms with Gasteiger partial charge in [-0.2, -0.15) is 4.98 Å². The first-order valence-corrected chi connectivity index (χ1v) is 14.9. The Morgan fingerprint density at radius 2 is 1.95 bits per heavy atom. The molecule has 0 aliphatic carbocycles. The van der Waals surface area contributed by atoms with Gasteiger partial charge in [-0.1, -0.05) is 23.5 Å². The molecule has 1 saturated heterocycles. The number of β-lactam (4-membered cyclic amide) rings is 1. The van der Waals surface area contributed by atoms with Gasteiger partial charge < -0.3 is 15.7 Å². The number of hydrogen-bond donors (Lipinski definition) is 4. The lowest BCUT2D eigenvalue weighted by Gasteiger charge is -2.49. The van der Waals surface area contributed by atoms with Crippen molar-refractivity contribution in [3.05, 3.63) is 32.0 Å². The topological polar surface area (TPSA) is 196 Å². The minimum absolute atomic E-state index is 0.0108. The van der Waals surface area contributed by atoms with Crippen LogP contribution in [-0.2, 0) is 32.2 Å². The Balaban J connectivity index is 1.72. The summed E-state index contributed by atoms with van der Waals surface area (Å²) in [6.07, 6.45) is 0. The predicted molar refractivity (Wildman–Crippen MR) is 144 cm³/mol. The van der Waals surface area contributed by atoms with E-state index in [2.05, 4.69) is 25.7 Å². The Morgan fingerprint density at radius 3 is 2.55 bits per heavy atom. The summed E-state index contributed by atoms with van der Waals surface area (Å²) in [6, 6.07) is -0.998. The van der Waals surface area contributed by atoms with Crippen molar-refractivity contribution in [3.8, 4) is 0 Å². The first-order chi connectivity index (χ1) is 17.8. The van der Waals surface area contributed by atoms with Crippen molar-refractivity contribution in [2.24, 2.45) is 12.0 Å². The molecule has 0 aromatic carbocycles. The number of H-pyrrole nitrogens is 1. The average Bonchev–Trinajstić information content (AvgIpc) is 2.81. The molecule has 0 saturated carbocycles. The monoisotopic (exact) mass is 587 g/mol. The fourth-order valence-electron chi connectivity index (χ4n) is 3.65. The maximum atomic E-state index is 13.0. The van der Waals surface area contributed by atoms with Gasteiger partial charge in [-0.15, -0.1) is 0 Å². The molecule has 2 aliphatic rings. The number of amidine groups is 1. The van der Waals surface area contributed by atoms with E-state index in [1.165, 1.54) is 23.5 Å². The maximum Gasteiger partial charge on any atom is 0.352 e. The Kier molecular flexibility index (Phi) is 9.59. The predicted octanol–water partition coefficient (Wildman–Crippen LogP) is -1.19. The van der Waals surface area contributed by atoms with Gasteiger partial charge in [-0.3, -0.25) is 43.1 Å². The molecule has 0 bridgehead atoms. The number of nitrogens with one attached hydrogen (secondary N) is 3. The van der Waals surface area contributed by atoms with Gasteiger partial charge in [-0.05, 0) is 33.3 Å². The molecule has 0 radical (unpaired) electrons. The number of carbonyl (C=O) groups excluding carboxylic acids is 2. The molecule has 208 valence electrons. The van der Waals surface area contributed by atoms with Gasteiger partial charge in [0.2, 0.25) is 5.91 Å². The molecule has 3 heterocycles. The fraction of sp³-hybridized carbons (Fsp3) is 0.571. The average molecular weight is 588 g/mol. The lowest BCUT2D eigenvalue weighted by Crippen LogP contribution is -2.73. The number of hydrogen-bond acceptors (Lipinski definition) is 10. The van der Waals surface area contributed by atoms with E-state index < -0.39 is 51.1 Å². The van der Waals surface area contributed by atoms with Crippen LogP contribution in [0.5, 0.6) is 0 Å². The molecule has 3 atom stereocenters. The molecule has 17 heteroatoms. The van der Waals surface area contributed by atoms with Crippen molar-refractivity contribution in [2.75, 3.05) is 17.3 Å². The second-order valence-corrected chi connectivity index (χ2v) is 12.5. The van der Waals surface area contributed by atoms with Crippen molar-refractivity contribution in [3.63, 3.8) is 0 Å². The number of aliphatic carboxylic acids is 1. The summed E-state index contributed by atoms with van der Waals surface area (Å²) in [7, 11) is -0.239. The standard InChI is InChI=1S/C21H29N7O7S3/c1-9(2)22-20(23-10(3)4)36-7-12(29)24-13-17(32)28-14(19(33)34)11(8-38(35)18(13)28)6-37-21-25-15(30)16(31)26-27(21)5/h9-10,13,18H,6-8H2,1-5H3,(H,22,23)(H,24,29)(H,26,31)(H,33,34)/t13-,18-,38?/m1/s1. The van der Waals surface area contributed by atoms with Gasteiger partial charge in [0.15, 0.2) is 10.3 Å². The number of carbonyl (C=O) groups is 3. The number of carboxylic acids is 1. The molecule has 1 aromatic rings. The molecule has 38 heavy (non-hydrogen) atoms. The number of rotatable bonds is 9. The number of aryl methyl sites for hydroxylation is 1. The van der Waals surface area contributed by atoms with Gasteiger partial charge in [0, 0.05) is 24.9 Å². The van der Waals surface area contributed by atoms with Crippen molar-refractivity contribution < 1.29 is 23.7 Å². The minimum atomic E-state index is -1.70. The summed E-state index contributed by atoms with van der Waals surface area (Å²) in [4.78, 5) is 69.6. The van der Waals surface area contributed by atoms with Gasteiger partial charge in [0.25, 0.3) is 5.91 Å². The summed E-state index contributed by atoms with van der Waals surface area (Å²) in [5, 5.41) is 17.6. The number of fused-ring (bicyclic) bond motifs is 1. The Hall–Kier alpha value is -2.92. The van der Waals surface area contributed by atoms with Crippen LogP contribution in [0.1, 0.15) is 27.7 Å². The highest BCUT2D eigenvalue weighted by Gasteiger charge is 2.57. The summed E-state index contributed by atoms with van der Waals surface area (Å²) >= 11 is 2.13. The Labute approximate surface area is 228 Å².